The van der Waals surface area contributed by atoms with Crippen molar-refractivity contribution in [2.45, 2.75) is 61.5 Å². The lowest BCUT2D eigenvalue weighted by Gasteiger charge is -2.44. The van der Waals surface area contributed by atoms with Gasteiger partial charge in [-0.1, -0.05) is 6.07 Å². The molecule has 4 unspecified atom stereocenters. The molecule has 1 saturated heterocycles. The fraction of sp³-hybridized carbons (Fsp3) is 0.520. The number of benzene rings is 1. The number of hydrogen-bond acceptors (Lipinski definition) is 13. The molecule has 13 heteroatoms. The number of methoxy groups -OCH3 is 2. The summed E-state index contributed by atoms with van der Waals surface area (Å²) in [7, 11) is 2.65. The second-order valence-corrected chi connectivity index (χ2v) is 8.72. The predicted molar refractivity (Wildman–Crippen MR) is 127 cm³/mol. The van der Waals surface area contributed by atoms with Gasteiger partial charge in [-0.3, -0.25) is 0 Å². The van der Waals surface area contributed by atoms with E-state index in [0.717, 1.165) is 12.2 Å². The minimum atomic E-state index is -1.74. The Morgan fingerprint density at radius 3 is 2.55 bits per heavy atom. The molecule has 0 bridgehead atoms. The molecular formula is C25H31NO12. The van der Waals surface area contributed by atoms with Crippen LogP contribution < -0.4 is 4.74 Å². The first-order valence-corrected chi connectivity index (χ1v) is 11.7. The molecule has 0 radical (unpaired) electrons. The van der Waals surface area contributed by atoms with Crippen molar-refractivity contribution < 1.29 is 59.1 Å². The van der Waals surface area contributed by atoms with E-state index >= 15 is 0 Å². The van der Waals surface area contributed by atoms with Crippen molar-refractivity contribution >= 4 is 12.0 Å². The van der Waals surface area contributed by atoms with Gasteiger partial charge in [-0.2, -0.15) is 5.26 Å². The van der Waals surface area contributed by atoms with Crippen LogP contribution >= 0.6 is 0 Å². The van der Waals surface area contributed by atoms with Crippen molar-refractivity contribution in [3.05, 3.63) is 41.5 Å². The van der Waals surface area contributed by atoms with E-state index in [4.69, 9.17) is 23.7 Å². The highest BCUT2D eigenvalue weighted by molar-refractivity contribution is 5.87. The van der Waals surface area contributed by atoms with Crippen LogP contribution in [-0.2, 0) is 23.7 Å². The number of carbonyl (C=O) groups excluding carboxylic acids is 1. The molecule has 9 atom stereocenters. The minimum absolute atomic E-state index is 0.0562. The molecule has 1 aliphatic heterocycles. The molecule has 38 heavy (non-hydrogen) atoms. The van der Waals surface area contributed by atoms with Crippen LogP contribution in [0.4, 0.5) is 0 Å². The molecule has 0 amide bonds. The summed E-state index contributed by atoms with van der Waals surface area (Å²) in [5.74, 6) is -0.873. The Balaban J connectivity index is 1.82. The van der Waals surface area contributed by atoms with Crippen molar-refractivity contribution in [2.75, 3.05) is 20.8 Å². The average Bonchev–Trinajstić information content (AvgIpc) is 2.90. The van der Waals surface area contributed by atoms with Gasteiger partial charge in [-0.15, -0.1) is 0 Å². The topological polar surface area (TPSA) is 208 Å². The van der Waals surface area contributed by atoms with Crippen LogP contribution in [0.3, 0.4) is 0 Å². The molecule has 3 rings (SSSR count). The van der Waals surface area contributed by atoms with Crippen LogP contribution in [0.5, 0.6) is 11.5 Å². The van der Waals surface area contributed by atoms with E-state index in [1.165, 1.54) is 38.5 Å². The van der Waals surface area contributed by atoms with Crippen LogP contribution in [0.25, 0.3) is 6.08 Å². The van der Waals surface area contributed by atoms with Crippen LogP contribution in [-0.4, -0.2) is 113 Å². The number of phenolic OH excluding ortho intramolecular Hbond substituents is 1. The molecule has 2 aliphatic rings. The number of aliphatic hydroxyl groups excluding tert-OH is 5. The van der Waals surface area contributed by atoms with Gasteiger partial charge in [0.2, 0.25) is 0 Å². The van der Waals surface area contributed by atoms with Crippen LogP contribution in [0, 0.1) is 11.3 Å². The van der Waals surface area contributed by atoms with Gasteiger partial charge in [0.05, 0.1) is 32.0 Å². The Bertz CT molecular complexity index is 1070. The third kappa shape index (κ3) is 6.49. The maximum atomic E-state index is 12.6. The van der Waals surface area contributed by atoms with Gasteiger partial charge in [0.25, 0.3) is 0 Å². The van der Waals surface area contributed by atoms with E-state index in [9.17, 15) is 40.7 Å². The van der Waals surface area contributed by atoms with E-state index in [1.807, 2.05) is 0 Å². The average molecular weight is 538 g/mol. The molecule has 1 aromatic rings. The molecule has 1 aromatic carbocycles. The molecule has 0 spiro atoms. The Morgan fingerprint density at radius 2 is 1.92 bits per heavy atom. The number of nitrogens with zero attached hydrogens (tertiary/aromatic N) is 1. The van der Waals surface area contributed by atoms with Gasteiger partial charge in [-0.05, 0) is 23.8 Å². The molecule has 1 saturated carbocycles. The first-order chi connectivity index (χ1) is 18.1. The van der Waals surface area contributed by atoms with E-state index in [-0.39, 0.29) is 23.5 Å². The predicted octanol–water partition coefficient (Wildman–Crippen LogP) is -1.26. The number of esters is 1. The second kappa shape index (κ2) is 13.1. The third-order valence-electron chi connectivity index (χ3n) is 6.35. The molecule has 1 heterocycles. The van der Waals surface area contributed by atoms with Gasteiger partial charge >= 0.3 is 5.97 Å². The Hall–Kier alpha value is -3.06. The number of aromatic hydroxyl groups is 1. The third-order valence-corrected chi connectivity index (χ3v) is 6.35. The lowest BCUT2D eigenvalue weighted by atomic mass is 9.84. The summed E-state index contributed by atoms with van der Waals surface area (Å²) in [6.07, 6.45) is -9.36. The summed E-state index contributed by atoms with van der Waals surface area (Å²) in [6.45, 7) is -0.704. The zero-order chi connectivity index (χ0) is 28.0. The maximum absolute atomic E-state index is 12.6. The summed E-state index contributed by atoms with van der Waals surface area (Å²) < 4.78 is 26.9. The highest BCUT2D eigenvalue weighted by atomic mass is 16.7. The van der Waals surface area contributed by atoms with Gasteiger partial charge in [0.1, 0.15) is 30.5 Å². The number of hydrogen-bond donors (Lipinski definition) is 6. The summed E-state index contributed by atoms with van der Waals surface area (Å²) >= 11 is 0. The van der Waals surface area contributed by atoms with Gasteiger partial charge < -0.3 is 54.3 Å². The smallest absolute Gasteiger partial charge is 0.331 e. The second-order valence-electron chi connectivity index (χ2n) is 8.72. The highest BCUT2D eigenvalue weighted by Crippen LogP contribution is 2.33. The highest BCUT2D eigenvalue weighted by Gasteiger charge is 2.50. The summed E-state index contributed by atoms with van der Waals surface area (Å²) in [5.41, 5.74) is 0.537. The molecule has 1 aliphatic carbocycles. The quantitative estimate of drug-likeness (QED) is 0.130. The number of carbonyl (C=O) groups is 1. The Labute approximate surface area is 218 Å². The summed E-state index contributed by atoms with van der Waals surface area (Å²) in [5, 5.41) is 70.5. The van der Waals surface area contributed by atoms with Crippen molar-refractivity contribution in [1.29, 1.82) is 5.26 Å². The zero-order valence-corrected chi connectivity index (χ0v) is 20.7. The number of nitriles is 1. The van der Waals surface area contributed by atoms with Gasteiger partial charge in [-0.25, -0.2) is 4.79 Å². The Morgan fingerprint density at radius 1 is 1.18 bits per heavy atom. The number of aliphatic hydroxyl groups is 5. The lowest BCUT2D eigenvalue weighted by Crippen LogP contribution is -2.61. The zero-order valence-electron chi connectivity index (χ0n) is 20.7. The normalized spacial score (nSPS) is 34.7. The lowest BCUT2D eigenvalue weighted by molar-refractivity contribution is -0.314. The fourth-order valence-electron chi connectivity index (χ4n) is 4.34. The first-order valence-electron chi connectivity index (χ1n) is 11.7. The first kappa shape index (κ1) is 29.5. The van der Waals surface area contributed by atoms with Crippen LogP contribution in [0.1, 0.15) is 12.0 Å². The summed E-state index contributed by atoms with van der Waals surface area (Å²) in [4.78, 5) is 12.6. The van der Waals surface area contributed by atoms with E-state index in [2.05, 4.69) is 0 Å². The molecule has 6 N–H and O–H groups in total. The number of allylic oxidation sites excluding steroid dienone is 1. The molecular weight excluding hydrogens is 506 g/mol. The van der Waals surface area contributed by atoms with Crippen molar-refractivity contribution in [3.8, 4) is 17.6 Å². The monoisotopic (exact) mass is 537 g/mol. The SMILES string of the molecule is COc1cc(/C=C\C(=O)O[C@H]2[C@H](OC3CC(O)C(OC)C(O)/C3=C\C#N)O[C@H](CO)[C@@H](O)[C@@H]2O)ccc1O. The molecule has 208 valence electrons. The van der Waals surface area contributed by atoms with Gasteiger partial charge in [0, 0.05) is 31.3 Å². The van der Waals surface area contributed by atoms with Crippen molar-refractivity contribution in [2.24, 2.45) is 0 Å². The number of rotatable bonds is 8. The van der Waals surface area contributed by atoms with E-state index < -0.39 is 67.7 Å². The van der Waals surface area contributed by atoms with Crippen LogP contribution in [0.2, 0.25) is 0 Å². The molecule has 0 aromatic heterocycles. The molecule has 2 fully saturated rings. The van der Waals surface area contributed by atoms with E-state index in [0.29, 0.717) is 5.56 Å². The van der Waals surface area contributed by atoms with Crippen LogP contribution in [0.15, 0.2) is 35.9 Å². The minimum Gasteiger partial charge on any atom is -0.504 e. The Kier molecular flexibility index (Phi) is 10.2. The largest absolute Gasteiger partial charge is 0.504 e. The van der Waals surface area contributed by atoms with Crippen molar-refractivity contribution in [3.63, 3.8) is 0 Å². The van der Waals surface area contributed by atoms with E-state index in [1.54, 1.807) is 6.07 Å². The maximum Gasteiger partial charge on any atom is 0.331 e. The van der Waals surface area contributed by atoms with Crippen molar-refractivity contribution in [1.82, 2.24) is 0 Å². The number of ether oxygens (including phenoxy) is 5. The summed E-state index contributed by atoms with van der Waals surface area (Å²) in [6, 6.07) is 6.13. The molecule has 13 nitrogen and oxygen atoms in total. The standard InChI is InChI=1S/C25H31NO12/c1-34-17-9-12(3-5-14(17)28)4-6-19(30)38-24-22(33)21(32)18(11-27)37-25(24)36-16-10-15(29)23(35-2)20(31)13(16)7-8-26/h3-7,9,15-16,18,20-25,27-29,31-33H,10-11H2,1-2H3/b6-4-,13-7-/t15?,16?,18-,20?,21-,22+,23?,24-,25-/m1/s1. The number of phenols is 1. The van der Waals surface area contributed by atoms with Gasteiger partial charge in [0.15, 0.2) is 23.9 Å². The fourth-order valence-corrected chi connectivity index (χ4v) is 4.34.